The topological polar surface area (TPSA) is 53.9 Å². The summed E-state index contributed by atoms with van der Waals surface area (Å²) in [5, 5.41) is 7.13. The molecule has 1 unspecified atom stereocenters. The van der Waals surface area contributed by atoms with E-state index in [-0.39, 0.29) is 12.0 Å². The highest BCUT2D eigenvalue weighted by Crippen LogP contribution is 2.26. The Morgan fingerprint density at radius 2 is 1.87 bits per heavy atom. The van der Waals surface area contributed by atoms with Crippen LogP contribution in [-0.2, 0) is 11.4 Å². The van der Waals surface area contributed by atoms with Gasteiger partial charge in [0.15, 0.2) is 0 Å². The van der Waals surface area contributed by atoms with Crippen molar-refractivity contribution in [3.63, 3.8) is 0 Å². The molecule has 1 aliphatic rings. The zero-order chi connectivity index (χ0) is 21.8. The van der Waals surface area contributed by atoms with E-state index in [4.69, 9.17) is 16.4 Å². The van der Waals surface area contributed by atoms with Gasteiger partial charge in [0.25, 0.3) is 5.91 Å². The molecule has 0 spiro atoms. The molecule has 31 heavy (non-hydrogen) atoms. The molecule has 2 aromatic carbocycles. The van der Waals surface area contributed by atoms with Crippen LogP contribution in [0.2, 0.25) is 4.34 Å². The number of hydrogen-bond donors (Lipinski definition) is 1. The van der Waals surface area contributed by atoms with Gasteiger partial charge in [-0.2, -0.15) is 0 Å². The number of nitrogens with one attached hydrogen (secondary N) is 1. The Balaban J connectivity index is 1.37. The van der Waals surface area contributed by atoms with Gasteiger partial charge in [-0.25, -0.2) is 0 Å². The highest BCUT2D eigenvalue weighted by Gasteiger charge is 2.23. The van der Waals surface area contributed by atoms with Gasteiger partial charge >= 0.3 is 0 Å². The maximum atomic E-state index is 12.2. The number of amides is 1. The summed E-state index contributed by atoms with van der Waals surface area (Å²) in [5.74, 6) is -0.144. The molecule has 1 aromatic heterocycles. The van der Waals surface area contributed by atoms with Crippen molar-refractivity contribution in [1.82, 2.24) is 10.2 Å². The first-order chi connectivity index (χ1) is 15.0. The van der Waals surface area contributed by atoms with Gasteiger partial charge in [0.05, 0.1) is 21.5 Å². The highest BCUT2D eigenvalue weighted by molar-refractivity contribution is 7.18. The Kier molecular flexibility index (Phi) is 6.70. The van der Waals surface area contributed by atoms with E-state index in [0.29, 0.717) is 22.2 Å². The Morgan fingerprint density at radius 3 is 2.58 bits per heavy atom. The molecule has 0 aliphatic carbocycles. The quantitative estimate of drug-likeness (QED) is 0.544. The molecule has 0 radical (unpaired) electrons. The number of halogens is 1. The van der Waals surface area contributed by atoms with E-state index in [0.717, 1.165) is 17.8 Å². The molecule has 1 aliphatic heterocycles. The number of nitrogens with zero attached hydrogens (tertiary/aromatic N) is 2. The molecule has 0 fully saturated rings. The van der Waals surface area contributed by atoms with Crippen molar-refractivity contribution in [2.24, 2.45) is 5.16 Å². The van der Waals surface area contributed by atoms with E-state index in [1.54, 1.807) is 12.1 Å². The van der Waals surface area contributed by atoms with Crippen molar-refractivity contribution < 1.29 is 9.63 Å². The summed E-state index contributed by atoms with van der Waals surface area (Å²) in [6.45, 7) is 1.29. The van der Waals surface area contributed by atoms with Crippen LogP contribution in [0.5, 0.6) is 0 Å². The van der Waals surface area contributed by atoms with Crippen LogP contribution in [0.25, 0.3) is 11.1 Å². The third-order valence-corrected chi connectivity index (χ3v) is 6.28. The van der Waals surface area contributed by atoms with E-state index in [2.05, 4.69) is 78.0 Å². The van der Waals surface area contributed by atoms with Crippen LogP contribution in [0.3, 0.4) is 0 Å². The van der Waals surface area contributed by atoms with Crippen LogP contribution in [0.1, 0.15) is 27.2 Å². The van der Waals surface area contributed by atoms with Crippen LogP contribution in [0.4, 0.5) is 0 Å². The first-order valence-corrected chi connectivity index (χ1v) is 11.3. The van der Waals surface area contributed by atoms with Gasteiger partial charge in [-0.3, -0.25) is 4.79 Å². The van der Waals surface area contributed by atoms with Crippen LogP contribution in [0.15, 0.2) is 65.8 Å². The van der Waals surface area contributed by atoms with Crippen molar-refractivity contribution in [2.45, 2.75) is 19.1 Å². The van der Waals surface area contributed by atoms with Crippen LogP contribution >= 0.6 is 22.9 Å². The minimum atomic E-state index is -0.171. The Hall–Kier alpha value is -2.67. The number of rotatable bonds is 7. The molecular formula is C24H24ClN3O2S. The van der Waals surface area contributed by atoms with E-state index >= 15 is 0 Å². The number of thiophene rings is 1. The lowest BCUT2D eigenvalue weighted by molar-refractivity contribution is 0.0755. The minimum Gasteiger partial charge on any atom is -0.390 e. The molecule has 1 atom stereocenters. The lowest BCUT2D eigenvalue weighted by Crippen LogP contribution is -2.31. The molecule has 7 heteroatoms. The Bertz CT molecular complexity index is 1090. The molecule has 0 bridgehead atoms. The van der Waals surface area contributed by atoms with Crippen molar-refractivity contribution in [1.29, 1.82) is 0 Å². The van der Waals surface area contributed by atoms with Gasteiger partial charge in [0.2, 0.25) is 0 Å². The van der Waals surface area contributed by atoms with E-state index in [9.17, 15) is 4.79 Å². The second-order valence-electron chi connectivity index (χ2n) is 7.76. The third kappa shape index (κ3) is 5.34. The average Bonchev–Trinajstić information content (AvgIpc) is 3.41. The van der Waals surface area contributed by atoms with Gasteiger partial charge in [0.1, 0.15) is 6.10 Å². The molecule has 2 heterocycles. The van der Waals surface area contributed by atoms with E-state index < -0.39 is 0 Å². The summed E-state index contributed by atoms with van der Waals surface area (Å²) < 4.78 is 0.598. The normalized spacial score (nSPS) is 15.6. The highest BCUT2D eigenvalue weighted by atomic mass is 35.5. The van der Waals surface area contributed by atoms with Crippen LogP contribution in [0, 0.1) is 0 Å². The molecular weight excluding hydrogens is 430 g/mol. The van der Waals surface area contributed by atoms with Gasteiger partial charge in [0, 0.05) is 13.0 Å². The Morgan fingerprint density at radius 1 is 1.13 bits per heavy atom. The summed E-state index contributed by atoms with van der Waals surface area (Å²) in [6, 6.07) is 20.3. The number of carbonyl (C=O) groups is 1. The van der Waals surface area contributed by atoms with Crippen molar-refractivity contribution >= 4 is 34.6 Å². The number of benzene rings is 2. The zero-order valence-electron chi connectivity index (χ0n) is 17.5. The monoisotopic (exact) mass is 453 g/mol. The summed E-state index contributed by atoms with van der Waals surface area (Å²) in [7, 11) is 4.15. The van der Waals surface area contributed by atoms with E-state index in [1.165, 1.54) is 28.0 Å². The molecule has 1 N–H and O–H groups in total. The first kappa shape index (κ1) is 21.6. The van der Waals surface area contributed by atoms with Gasteiger partial charge in [-0.1, -0.05) is 65.3 Å². The predicted molar refractivity (Wildman–Crippen MR) is 127 cm³/mol. The zero-order valence-corrected chi connectivity index (χ0v) is 19.0. The van der Waals surface area contributed by atoms with E-state index in [1.807, 2.05) is 0 Å². The minimum absolute atomic E-state index is 0.144. The second-order valence-corrected chi connectivity index (χ2v) is 9.47. The lowest BCUT2D eigenvalue weighted by Gasteiger charge is -2.14. The van der Waals surface area contributed by atoms with Crippen LogP contribution < -0.4 is 5.32 Å². The molecule has 0 saturated carbocycles. The molecule has 1 amide bonds. The fraction of sp³-hybridized carbons (Fsp3) is 0.250. The molecule has 5 nitrogen and oxygen atoms in total. The van der Waals surface area contributed by atoms with Crippen molar-refractivity contribution in [2.75, 3.05) is 20.6 Å². The number of carbonyl (C=O) groups excluding carboxylic acids is 1. The van der Waals surface area contributed by atoms with Crippen LogP contribution in [-0.4, -0.2) is 43.3 Å². The largest absolute Gasteiger partial charge is 0.390 e. The first-order valence-electron chi connectivity index (χ1n) is 10.1. The maximum absolute atomic E-state index is 12.2. The summed E-state index contributed by atoms with van der Waals surface area (Å²) in [5.41, 5.74) is 5.64. The van der Waals surface area contributed by atoms with Gasteiger partial charge in [-0.15, -0.1) is 11.3 Å². The van der Waals surface area contributed by atoms with Gasteiger partial charge < -0.3 is 15.1 Å². The standard InChI is InChI=1S/C24H24ClN3O2S/c1-28(2)15-18-5-3-4-6-20(18)16-7-9-17(10-8-16)21-13-19(30-27-21)14-26-24(29)22-11-12-23(25)31-22/h3-12,19H,13-15H2,1-2H3,(H,26,29). The Labute approximate surface area is 191 Å². The molecule has 3 aromatic rings. The summed E-state index contributed by atoms with van der Waals surface area (Å²) >= 11 is 7.15. The van der Waals surface area contributed by atoms with Crippen molar-refractivity contribution in [3.8, 4) is 11.1 Å². The van der Waals surface area contributed by atoms with Gasteiger partial charge in [-0.05, 0) is 48.5 Å². The lowest BCUT2D eigenvalue weighted by atomic mass is 9.96. The average molecular weight is 454 g/mol. The number of hydrogen-bond acceptors (Lipinski definition) is 5. The molecule has 0 saturated heterocycles. The fourth-order valence-corrected chi connectivity index (χ4v) is 4.52. The van der Waals surface area contributed by atoms with Crippen molar-refractivity contribution in [3.05, 3.63) is 81.0 Å². The smallest absolute Gasteiger partial charge is 0.261 e. The second kappa shape index (κ2) is 9.64. The predicted octanol–water partition coefficient (Wildman–Crippen LogP) is 5.05. The SMILES string of the molecule is CN(C)Cc1ccccc1-c1ccc(C2=NOC(CNC(=O)c3ccc(Cl)s3)C2)cc1. The molecule has 4 rings (SSSR count). The fourth-order valence-electron chi connectivity index (χ4n) is 3.56. The number of oxime groups is 1. The maximum Gasteiger partial charge on any atom is 0.261 e. The summed E-state index contributed by atoms with van der Waals surface area (Å²) in [4.78, 5) is 20.5. The third-order valence-electron chi connectivity index (χ3n) is 5.05. The molecule has 160 valence electrons. The summed E-state index contributed by atoms with van der Waals surface area (Å²) in [6.07, 6.45) is 0.483.